The van der Waals surface area contributed by atoms with Crippen LogP contribution in [-0.2, 0) is 0 Å². The Balaban J connectivity index is 1.43. The Kier molecular flexibility index (Phi) is 2.55. The average molecular weight is 665 g/mol. The van der Waals surface area contributed by atoms with Crippen molar-refractivity contribution in [3.05, 3.63) is 193 Å². The summed E-state index contributed by atoms with van der Waals surface area (Å²) in [5.74, 6) is 0. The van der Waals surface area contributed by atoms with Crippen molar-refractivity contribution < 1.29 is 43.9 Å². The molecule has 232 valence electrons. The van der Waals surface area contributed by atoms with Gasteiger partial charge in [-0.25, -0.2) is 0 Å². The zero-order valence-corrected chi connectivity index (χ0v) is 25.0. The van der Waals surface area contributed by atoms with Crippen LogP contribution in [-0.4, -0.2) is 0 Å². The van der Waals surface area contributed by atoms with Crippen molar-refractivity contribution in [3.8, 4) is 44.5 Å². The molecule has 50 heavy (non-hydrogen) atoms. The fourth-order valence-corrected chi connectivity index (χ4v) is 5.84. The molecule has 10 rings (SSSR count). The normalized spacial score (nSPS) is 20.6. The minimum absolute atomic E-state index is 0.539. The quantitative estimate of drug-likeness (QED) is 0.130. The summed E-state index contributed by atoms with van der Waals surface area (Å²) in [5.41, 5.74) is -6.62. The van der Waals surface area contributed by atoms with Gasteiger partial charge in [-0.1, -0.05) is 175 Å². The highest BCUT2D eigenvalue weighted by molar-refractivity contribution is 6.22. The lowest BCUT2D eigenvalue weighted by Gasteiger charge is -2.18. The van der Waals surface area contributed by atoms with Crippen LogP contribution in [0.2, 0.25) is 0 Å². The van der Waals surface area contributed by atoms with E-state index < -0.39 is 292 Å². The maximum Gasteiger partial charge on any atom is 0.0636 e. The molecule has 0 saturated heterocycles. The van der Waals surface area contributed by atoms with Crippen molar-refractivity contribution in [3.63, 3.8) is 0 Å². The molecule has 0 bridgehead atoms. The van der Waals surface area contributed by atoms with Crippen LogP contribution in [0.5, 0.6) is 0 Å². The Bertz CT molecular complexity index is 4620. The van der Waals surface area contributed by atoms with Gasteiger partial charge in [0.2, 0.25) is 0 Å². The Morgan fingerprint density at radius 2 is 0.680 bits per heavy atom. The summed E-state index contributed by atoms with van der Waals surface area (Å²) in [4.78, 5) is 0. The minimum atomic E-state index is -1.17. The van der Waals surface area contributed by atoms with Gasteiger partial charge in [0.1, 0.15) is 0 Å². The van der Waals surface area contributed by atoms with Crippen molar-refractivity contribution in [1.82, 2.24) is 0 Å². The largest absolute Gasteiger partial charge is 0.0636 e. The standard InChI is InChI=1S/C50H32/c1-2-12-33(13-3-1)36-26-27-38-31-40(29-28-37(38)30-36)50-46-20-10-8-18-44(46)49(45-19-9-11-21-47(45)50)35-24-22-34(23-25-35)48-32-39-14-4-5-15-41(39)42-16-6-7-17-43(42)48/h1-32H/i1D,2D,3D,4D,5D,6D,7D,8D,9D,10D,11D,12D,13D,14D,15D,16D,17D,18D,19D,20D,21D,22D,23D,24D,25D,26D,27D,28D,29D,30D,31D,32D. The molecule has 10 aromatic rings. The molecule has 10 aromatic carbocycles. The SMILES string of the molecule is [2H]c1c([2H])c([2H])c(-c2c([2H])c([2H])c3c([2H])c(-c4c5c([2H])c([2H])c([2H])c([2H])c5c(-c5c([2H])c([2H])c(-c6c([2H])c7c([2H])c([2H])c([2H])c([2H])c7c7c([2H])c([2H])c([2H])c([2H])c67)c([2H])c5[2H])c5c([2H])c([2H])c([2H])c([2H])c45)c([2H])c([2H])c3c2[2H])c([2H])c1[2H]. The number of hydrogen-bond acceptors (Lipinski definition) is 0. The molecule has 0 atom stereocenters. The topological polar surface area (TPSA) is 0 Å². The molecule has 0 saturated carbocycles. The maximum atomic E-state index is 9.72. The van der Waals surface area contributed by atoms with Crippen molar-refractivity contribution in [2.75, 3.05) is 0 Å². The average Bonchev–Trinajstić information content (AvgIpc) is 0.791. The molecule has 0 nitrogen and oxygen atoms in total. The molecule has 0 aliphatic rings. The van der Waals surface area contributed by atoms with Crippen LogP contribution in [0.3, 0.4) is 0 Å². The van der Waals surface area contributed by atoms with E-state index in [1.165, 1.54) is 0 Å². The third-order valence-electron chi connectivity index (χ3n) is 8.00. The highest BCUT2D eigenvalue weighted by Gasteiger charge is 2.17. The molecule has 0 radical (unpaired) electrons. The summed E-state index contributed by atoms with van der Waals surface area (Å²) >= 11 is 0. The van der Waals surface area contributed by atoms with Crippen molar-refractivity contribution in [1.29, 1.82) is 0 Å². The third-order valence-corrected chi connectivity index (χ3v) is 8.00. The van der Waals surface area contributed by atoms with E-state index in [4.69, 9.17) is 24.7 Å². The summed E-state index contributed by atoms with van der Waals surface area (Å²) in [6.07, 6.45) is 0. The first-order valence-electron chi connectivity index (χ1n) is 30.8. The van der Waals surface area contributed by atoms with Gasteiger partial charge in [-0.3, -0.25) is 0 Å². The molecule has 0 spiro atoms. The van der Waals surface area contributed by atoms with Crippen LogP contribution in [0, 0.1) is 0 Å². The number of hydrogen-bond donors (Lipinski definition) is 0. The molecule has 0 heterocycles. The second kappa shape index (κ2) is 11.6. The maximum absolute atomic E-state index is 9.72. The van der Waals surface area contributed by atoms with Gasteiger partial charge in [0.25, 0.3) is 0 Å². The van der Waals surface area contributed by atoms with E-state index in [2.05, 4.69) is 0 Å². The second-order valence-corrected chi connectivity index (χ2v) is 10.8. The van der Waals surface area contributed by atoms with Gasteiger partial charge in [0.05, 0.1) is 43.9 Å². The zero-order valence-electron chi connectivity index (χ0n) is 57.0. The predicted molar refractivity (Wildman–Crippen MR) is 216 cm³/mol. The Hall–Kier alpha value is -6.50. The molecule has 0 amide bonds. The van der Waals surface area contributed by atoms with Crippen LogP contribution < -0.4 is 0 Å². The van der Waals surface area contributed by atoms with Crippen LogP contribution in [0.1, 0.15) is 43.9 Å². The lowest BCUT2D eigenvalue weighted by atomic mass is 9.85. The van der Waals surface area contributed by atoms with Crippen molar-refractivity contribution >= 4 is 53.9 Å². The molecule has 0 N–H and O–H groups in total. The third kappa shape index (κ3) is 4.61. The number of benzene rings is 10. The van der Waals surface area contributed by atoms with E-state index in [9.17, 15) is 19.2 Å². The fraction of sp³-hybridized carbons (Fsp3) is 0. The fourth-order valence-electron chi connectivity index (χ4n) is 5.84. The molecule has 0 fully saturated rings. The smallest absolute Gasteiger partial charge is 0.0622 e. The molecule has 0 heteroatoms. The van der Waals surface area contributed by atoms with Gasteiger partial charge in [-0.2, -0.15) is 0 Å². The highest BCUT2D eigenvalue weighted by Crippen LogP contribution is 2.45. The van der Waals surface area contributed by atoms with Gasteiger partial charge >= 0.3 is 0 Å². The van der Waals surface area contributed by atoms with E-state index in [1.54, 1.807) is 0 Å². The summed E-state index contributed by atoms with van der Waals surface area (Å²) in [6.45, 7) is 0. The van der Waals surface area contributed by atoms with Crippen molar-refractivity contribution in [2.45, 2.75) is 0 Å². The first kappa shape index (κ1) is 11.0. The Morgan fingerprint density at radius 3 is 1.32 bits per heavy atom. The van der Waals surface area contributed by atoms with Gasteiger partial charge in [0.15, 0.2) is 0 Å². The van der Waals surface area contributed by atoms with Gasteiger partial charge in [-0.05, 0) is 116 Å². The first-order chi connectivity index (χ1) is 38.1. The zero-order chi connectivity index (χ0) is 60.9. The Labute approximate surface area is 336 Å². The van der Waals surface area contributed by atoms with Crippen LogP contribution >= 0.6 is 0 Å². The van der Waals surface area contributed by atoms with Gasteiger partial charge in [0, 0.05) is 0 Å². The molecule has 0 unspecified atom stereocenters. The van der Waals surface area contributed by atoms with E-state index in [1.807, 2.05) is 0 Å². The lowest BCUT2D eigenvalue weighted by molar-refractivity contribution is 1.63. The van der Waals surface area contributed by atoms with E-state index in [0.717, 1.165) is 0 Å². The first-order valence-corrected chi connectivity index (χ1v) is 14.8. The molecular formula is C50H32. The van der Waals surface area contributed by atoms with Crippen LogP contribution in [0.15, 0.2) is 193 Å². The van der Waals surface area contributed by atoms with E-state index >= 15 is 0 Å². The Morgan fingerprint density at radius 1 is 0.240 bits per heavy atom. The van der Waals surface area contributed by atoms with E-state index in [0.29, 0.717) is 0 Å². The monoisotopic (exact) mass is 664 g/mol. The van der Waals surface area contributed by atoms with Gasteiger partial charge in [-0.15, -0.1) is 0 Å². The number of rotatable bonds is 4. The minimum Gasteiger partial charge on any atom is -0.0622 e. The van der Waals surface area contributed by atoms with E-state index in [-0.39, 0.29) is 0 Å². The second-order valence-electron chi connectivity index (χ2n) is 10.8. The van der Waals surface area contributed by atoms with Gasteiger partial charge < -0.3 is 0 Å². The lowest BCUT2D eigenvalue weighted by Crippen LogP contribution is -1.91. The molecular weight excluding hydrogens is 601 g/mol. The summed E-state index contributed by atoms with van der Waals surface area (Å²) < 4.78 is 289. The predicted octanol–water partition coefficient (Wildman–Crippen LogP) is 14.1. The molecule has 0 aliphatic heterocycles. The van der Waals surface area contributed by atoms with Crippen molar-refractivity contribution in [2.24, 2.45) is 0 Å². The highest BCUT2D eigenvalue weighted by atomic mass is 14.2. The molecule has 0 aliphatic carbocycles. The summed E-state index contributed by atoms with van der Waals surface area (Å²) in [7, 11) is 0. The van der Waals surface area contributed by atoms with Crippen LogP contribution in [0.25, 0.3) is 98.4 Å². The van der Waals surface area contributed by atoms with Crippen LogP contribution in [0.4, 0.5) is 0 Å². The summed E-state index contributed by atoms with van der Waals surface area (Å²) in [5, 5.41) is -7.25. The molecule has 0 aromatic heterocycles. The number of fused-ring (bicyclic) bond motifs is 6. The summed E-state index contributed by atoms with van der Waals surface area (Å²) in [6, 6.07) is -31.7.